The maximum atomic E-state index is 12.7. The van der Waals surface area contributed by atoms with Crippen molar-refractivity contribution >= 4 is 23.0 Å². The second-order valence-electron chi connectivity index (χ2n) is 9.00. The molecule has 2 atom stereocenters. The zero-order chi connectivity index (χ0) is 24.9. The molecule has 0 aromatic heterocycles. The van der Waals surface area contributed by atoms with Crippen LogP contribution < -0.4 is 10.6 Å². The molecular formula is C24H29F3N4O3. The van der Waals surface area contributed by atoms with E-state index in [0.717, 1.165) is 56.4 Å². The van der Waals surface area contributed by atoms with Crippen LogP contribution in [0.1, 0.15) is 42.6 Å². The highest BCUT2D eigenvalue weighted by molar-refractivity contribution is 6.05. The molecule has 0 aliphatic carbocycles. The normalized spacial score (nSPS) is 19.0. The highest BCUT2D eigenvalue weighted by Gasteiger charge is 2.30. The van der Waals surface area contributed by atoms with E-state index in [2.05, 4.69) is 29.4 Å². The lowest BCUT2D eigenvalue weighted by Crippen LogP contribution is -2.39. The maximum absolute atomic E-state index is 12.7. The monoisotopic (exact) mass is 478 g/mol. The number of piperidine rings is 1. The summed E-state index contributed by atoms with van der Waals surface area (Å²) in [5, 5.41) is 17.1. The Morgan fingerprint density at radius 2 is 1.76 bits per heavy atom. The first-order valence-electron chi connectivity index (χ1n) is 11.3. The maximum Gasteiger partial charge on any atom is 0.416 e. The molecule has 2 aromatic rings. The summed E-state index contributed by atoms with van der Waals surface area (Å²) in [6, 6.07) is 8.07. The highest BCUT2D eigenvalue weighted by atomic mass is 19.4. The topological polar surface area (TPSA) is 87.5 Å². The van der Waals surface area contributed by atoms with Crippen LogP contribution in [-0.4, -0.2) is 41.9 Å². The lowest BCUT2D eigenvalue weighted by atomic mass is 9.92. The van der Waals surface area contributed by atoms with Crippen molar-refractivity contribution in [3.8, 4) is 0 Å². The molecule has 1 heterocycles. The number of alkyl halides is 3. The molecule has 1 fully saturated rings. The van der Waals surface area contributed by atoms with Crippen molar-refractivity contribution in [1.82, 2.24) is 4.90 Å². The summed E-state index contributed by atoms with van der Waals surface area (Å²) in [5.41, 5.74) is -0.560. The van der Waals surface area contributed by atoms with Gasteiger partial charge >= 0.3 is 6.18 Å². The molecule has 0 radical (unpaired) electrons. The Morgan fingerprint density at radius 1 is 1.12 bits per heavy atom. The number of carbonyl (C=O) groups is 1. The molecule has 3 rings (SSSR count). The Balaban J connectivity index is 1.59. The SMILES string of the molecule is C[C@H]1C[C@H](C)CN(CCCNc2ccc(C(=O)Nc3ccc(C(F)(F)F)cc3)cc2[N+](=O)[O-])C1. The summed E-state index contributed by atoms with van der Waals surface area (Å²) in [4.78, 5) is 25.9. The Labute approximate surface area is 196 Å². The number of likely N-dealkylation sites (tertiary alicyclic amines) is 1. The molecule has 2 aromatic carbocycles. The standard InChI is InChI=1S/C24H29F3N4O3/c1-16-12-17(2)15-30(14-16)11-3-10-28-21-9-4-18(13-22(21)31(33)34)23(32)29-20-7-5-19(6-8-20)24(25,26)27/h4-9,13,16-17,28H,3,10-12,14-15H2,1-2H3,(H,29,32)/t16-,17-/m0/s1. The molecule has 184 valence electrons. The number of carbonyl (C=O) groups excluding carboxylic acids is 1. The number of amides is 1. The predicted molar refractivity (Wildman–Crippen MR) is 125 cm³/mol. The number of anilines is 2. The molecule has 34 heavy (non-hydrogen) atoms. The number of halogens is 3. The largest absolute Gasteiger partial charge is 0.416 e. The zero-order valence-corrected chi connectivity index (χ0v) is 19.2. The van der Waals surface area contributed by atoms with Crippen LogP contribution in [0.2, 0.25) is 0 Å². The Bertz CT molecular complexity index is 1000. The minimum atomic E-state index is -4.48. The molecule has 10 heteroatoms. The minimum Gasteiger partial charge on any atom is -0.379 e. The van der Waals surface area contributed by atoms with Gasteiger partial charge in [-0.25, -0.2) is 0 Å². The van der Waals surface area contributed by atoms with E-state index in [0.29, 0.717) is 24.1 Å². The third-order valence-corrected chi connectivity index (χ3v) is 5.84. The van der Waals surface area contributed by atoms with Crippen LogP contribution in [0, 0.1) is 22.0 Å². The number of nitrogens with zero attached hydrogens (tertiary/aromatic N) is 2. The summed E-state index contributed by atoms with van der Waals surface area (Å²) in [7, 11) is 0. The average molecular weight is 479 g/mol. The second kappa shape index (κ2) is 10.9. The molecule has 1 amide bonds. The van der Waals surface area contributed by atoms with Crippen LogP contribution in [0.5, 0.6) is 0 Å². The predicted octanol–water partition coefficient (Wildman–Crippen LogP) is 5.65. The van der Waals surface area contributed by atoms with Crippen molar-refractivity contribution in [1.29, 1.82) is 0 Å². The molecule has 0 saturated carbocycles. The number of rotatable bonds is 8. The van der Waals surface area contributed by atoms with E-state index >= 15 is 0 Å². The molecule has 2 N–H and O–H groups in total. The number of nitro groups is 1. The van der Waals surface area contributed by atoms with Crippen LogP contribution >= 0.6 is 0 Å². The van der Waals surface area contributed by atoms with Gasteiger partial charge in [-0.05, 0) is 67.6 Å². The molecule has 1 aliphatic rings. The van der Waals surface area contributed by atoms with Crippen LogP contribution in [0.15, 0.2) is 42.5 Å². The first-order chi connectivity index (χ1) is 16.0. The lowest BCUT2D eigenvalue weighted by Gasteiger charge is -2.34. The van der Waals surface area contributed by atoms with Crippen molar-refractivity contribution in [3.05, 3.63) is 63.7 Å². The fourth-order valence-corrected chi connectivity index (χ4v) is 4.42. The van der Waals surface area contributed by atoms with E-state index in [1.54, 1.807) is 0 Å². The molecule has 0 unspecified atom stereocenters. The van der Waals surface area contributed by atoms with Crippen LogP contribution in [-0.2, 0) is 6.18 Å². The summed E-state index contributed by atoms with van der Waals surface area (Å²) >= 11 is 0. The summed E-state index contributed by atoms with van der Waals surface area (Å²) < 4.78 is 38.0. The van der Waals surface area contributed by atoms with Crippen molar-refractivity contribution in [2.24, 2.45) is 11.8 Å². The van der Waals surface area contributed by atoms with E-state index in [1.807, 2.05) is 0 Å². The summed E-state index contributed by atoms with van der Waals surface area (Å²) in [6.45, 7) is 8.08. The zero-order valence-electron chi connectivity index (χ0n) is 19.2. The van der Waals surface area contributed by atoms with Gasteiger partial charge in [-0.3, -0.25) is 14.9 Å². The van der Waals surface area contributed by atoms with Gasteiger partial charge in [0.1, 0.15) is 5.69 Å². The Hall–Kier alpha value is -3.14. The molecular weight excluding hydrogens is 449 g/mol. The number of benzene rings is 2. The summed E-state index contributed by atoms with van der Waals surface area (Å²) in [5.74, 6) is 0.681. The van der Waals surface area contributed by atoms with E-state index in [9.17, 15) is 28.1 Å². The molecule has 0 bridgehead atoms. The number of hydrogen-bond acceptors (Lipinski definition) is 5. The Kier molecular flexibility index (Phi) is 8.14. The van der Waals surface area contributed by atoms with Crippen molar-refractivity contribution in [2.75, 3.05) is 36.8 Å². The lowest BCUT2D eigenvalue weighted by molar-refractivity contribution is -0.384. The van der Waals surface area contributed by atoms with Crippen LogP contribution in [0.25, 0.3) is 0 Å². The number of nitro benzene ring substituents is 1. The van der Waals surface area contributed by atoms with E-state index in [-0.39, 0.29) is 16.9 Å². The van der Waals surface area contributed by atoms with Gasteiger partial charge in [0.15, 0.2) is 0 Å². The van der Waals surface area contributed by atoms with Gasteiger partial charge in [-0.2, -0.15) is 13.2 Å². The van der Waals surface area contributed by atoms with Crippen molar-refractivity contribution < 1.29 is 22.9 Å². The van der Waals surface area contributed by atoms with Crippen LogP contribution in [0.4, 0.5) is 30.2 Å². The van der Waals surface area contributed by atoms with E-state index in [4.69, 9.17) is 0 Å². The number of hydrogen-bond donors (Lipinski definition) is 2. The smallest absolute Gasteiger partial charge is 0.379 e. The van der Waals surface area contributed by atoms with Gasteiger partial charge < -0.3 is 15.5 Å². The van der Waals surface area contributed by atoms with Gasteiger partial charge in [0.25, 0.3) is 11.6 Å². The van der Waals surface area contributed by atoms with Crippen molar-refractivity contribution in [3.63, 3.8) is 0 Å². The number of nitrogens with one attached hydrogen (secondary N) is 2. The average Bonchev–Trinajstić information content (AvgIpc) is 2.75. The molecule has 1 aliphatic heterocycles. The van der Waals surface area contributed by atoms with E-state index in [1.165, 1.54) is 18.6 Å². The fraction of sp³-hybridized carbons (Fsp3) is 0.458. The fourth-order valence-electron chi connectivity index (χ4n) is 4.42. The second-order valence-corrected chi connectivity index (χ2v) is 9.00. The minimum absolute atomic E-state index is 0.0356. The Morgan fingerprint density at radius 3 is 2.35 bits per heavy atom. The first kappa shape index (κ1) is 25.5. The van der Waals surface area contributed by atoms with Gasteiger partial charge in [0.2, 0.25) is 0 Å². The first-order valence-corrected chi connectivity index (χ1v) is 11.3. The molecule has 0 spiro atoms. The highest BCUT2D eigenvalue weighted by Crippen LogP contribution is 2.30. The van der Waals surface area contributed by atoms with Gasteiger partial charge in [0, 0.05) is 37.0 Å². The van der Waals surface area contributed by atoms with Gasteiger partial charge in [0.05, 0.1) is 10.5 Å². The van der Waals surface area contributed by atoms with Crippen molar-refractivity contribution in [2.45, 2.75) is 32.9 Å². The quantitative estimate of drug-likeness (QED) is 0.291. The molecule has 7 nitrogen and oxygen atoms in total. The van der Waals surface area contributed by atoms with Gasteiger partial charge in [-0.1, -0.05) is 13.8 Å². The third-order valence-electron chi connectivity index (χ3n) is 5.84. The van der Waals surface area contributed by atoms with Gasteiger partial charge in [-0.15, -0.1) is 0 Å². The molecule has 1 saturated heterocycles. The van der Waals surface area contributed by atoms with Crippen LogP contribution in [0.3, 0.4) is 0 Å². The third kappa shape index (κ3) is 6.93. The van der Waals surface area contributed by atoms with E-state index < -0.39 is 22.6 Å². The summed E-state index contributed by atoms with van der Waals surface area (Å²) in [6.07, 6.45) is -2.41.